The largest absolute Gasteiger partial charge is 0.334 e. The van der Waals surface area contributed by atoms with Crippen molar-refractivity contribution in [1.82, 2.24) is 14.9 Å². The number of hydrogen-bond acceptors (Lipinski definition) is 2. The molecule has 1 heterocycles. The molecule has 1 aliphatic rings. The van der Waals surface area contributed by atoms with Crippen LogP contribution < -0.4 is 5.32 Å². The zero-order valence-corrected chi connectivity index (χ0v) is 11.2. The normalized spacial score (nSPS) is 18.7. The van der Waals surface area contributed by atoms with E-state index in [1.165, 1.54) is 32.1 Å². The molecule has 1 aromatic rings. The highest BCUT2D eigenvalue weighted by molar-refractivity contribution is 4.91. The fraction of sp³-hybridized carbons (Fsp3) is 0.786. The summed E-state index contributed by atoms with van der Waals surface area (Å²) < 4.78 is 2.28. The maximum Gasteiger partial charge on any atom is 0.105 e. The summed E-state index contributed by atoms with van der Waals surface area (Å²) in [6.45, 7) is 6.54. The summed E-state index contributed by atoms with van der Waals surface area (Å²) in [6, 6.07) is 0.630. The van der Waals surface area contributed by atoms with Crippen LogP contribution in [0.4, 0.5) is 0 Å². The lowest BCUT2D eigenvalue weighted by Gasteiger charge is -2.25. The monoisotopic (exact) mass is 235 g/mol. The molecular formula is C14H25N3. The van der Waals surface area contributed by atoms with E-state index >= 15 is 0 Å². The molecule has 1 atom stereocenters. The van der Waals surface area contributed by atoms with E-state index in [9.17, 15) is 0 Å². The van der Waals surface area contributed by atoms with Crippen LogP contribution in [0.25, 0.3) is 0 Å². The maximum atomic E-state index is 4.31. The number of nitrogens with one attached hydrogen (secondary N) is 1. The highest BCUT2D eigenvalue weighted by Crippen LogP contribution is 2.28. The third kappa shape index (κ3) is 3.32. The van der Waals surface area contributed by atoms with Gasteiger partial charge in [0, 0.05) is 25.0 Å². The van der Waals surface area contributed by atoms with Gasteiger partial charge in [0.1, 0.15) is 5.82 Å². The second-order valence-corrected chi connectivity index (χ2v) is 5.23. The van der Waals surface area contributed by atoms with Crippen LogP contribution >= 0.6 is 0 Å². The van der Waals surface area contributed by atoms with Crippen LogP contribution in [0.2, 0.25) is 0 Å². The van der Waals surface area contributed by atoms with Gasteiger partial charge < -0.3 is 9.88 Å². The minimum absolute atomic E-state index is 0.630. The van der Waals surface area contributed by atoms with Crippen LogP contribution in [0.1, 0.15) is 44.9 Å². The molecule has 1 aromatic heterocycles. The first-order valence-electron chi connectivity index (χ1n) is 7.02. The van der Waals surface area contributed by atoms with Gasteiger partial charge in [0.15, 0.2) is 0 Å². The molecule has 0 aromatic carbocycles. The fourth-order valence-electron chi connectivity index (χ4n) is 2.88. The molecular weight excluding hydrogens is 210 g/mol. The quantitative estimate of drug-likeness (QED) is 0.821. The Kier molecular flexibility index (Phi) is 4.60. The molecule has 0 amide bonds. The van der Waals surface area contributed by atoms with Crippen molar-refractivity contribution in [3.8, 4) is 0 Å². The van der Waals surface area contributed by atoms with Gasteiger partial charge >= 0.3 is 0 Å². The lowest BCUT2D eigenvalue weighted by molar-refractivity contribution is 0.320. The fourth-order valence-corrected chi connectivity index (χ4v) is 2.88. The summed E-state index contributed by atoms with van der Waals surface area (Å²) in [5.74, 6) is 2.00. The van der Waals surface area contributed by atoms with Crippen molar-refractivity contribution < 1.29 is 0 Å². The topological polar surface area (TPSA) is 29.9 Å². The minimum Gasteiger partial charge on any atom is -0.334 e. The minimum atomic E-state index is 0.630. The number of imidazole rings is 1. The SMILES string of the molecule is CCCNC(Cn1ccnc1C)C1CCCC1. The Morgan fingerprint density at radius 2 is 2.24 bits per heavy atom. The molecule has 0 bridgehead atoms. The van der Waals surface area contributed by atoms with Crippen molar-refractivity contribution in [2.75, 3.05) is 6.54 Å². The Labute approximate surface area is 105 Å². The van der Waals surface area contributed by atoms with Crippen LogP contribution in [0.5, 0.6) is 0 Å². The van der Waals surface area contributed by atoms with Crippen molar-refractivity contribution >= 4 is 0 Å². The van der Waals surface area contributed by atoms with E-state index in [1.54, 1.807) is 0 Å². The van der Waals surface area contributed by atoms with E-state index in [2.05, 4.69) is 34.9 Å². The Morgan fingerprint density at radius 3 is 2.82 bits per heavy atom. The van der Waals surface area contributed by atoms with E-state index in [4.69, 9.17) is 0 Å². The van der Waals surface area contributed by atoms with Crippen molar-refractivity contribution in [3.05, 3.63) is 18.2 Å². The first-order chi connectivity index (χ1) is 8.31. The highest BCUT2D eigenvalue weighted by atomic mass is 15.1. The number of aromatic nitrogens is 2. The first-order valence-corrected chi connectivity index (χ1v) is 7.02. The zero-order valence-electron chi connectivity index (χ0n) is 11.2. The Bertz CT molecular complexity index is 326. The number of nitrogens with zero attached hydrogens (tertiary/aromatic N) is 2. The lowest BCUT2D eigenvalue weighted by Crippen LogP contribution is -2.39. The molecule has 3 nitrogen and oxygen atoms in total. The highest BCUT2D eigenvalue weighted by Gasteiger charge is 2.24. The van der Waals surface area contributed by atoms with E-state index in [0.717, 1.165) is 24.8 Å². The average Bonchev–Trinajstić information content (AvgIpc) is 2.96. The van der Waals surface area contributed by atoms with Crippen LogP contribution in [0, 0.1) is 12.8 Å². The van der Waals surface area contributed by atoms with Gasteiger partial charge in [0.05, 0.1) is 0 Å². The molecule has 0 aliphatic heterocycles. The standard InChI is InChI=1S/C14H25N3/c1-3-8-16-14(13-6-4-5-7-13)11-17-10-9-15-12(17)2/h9-10,13-14,16H,3-8,11H2,1-2H3. The molecule has 1 aliphatic carbocycles. The Morgan fingerprint density at radius 1 is 1.47 bits per heavy atom. The van der Waals surface area contributed by atoms with E-state index in [-0.39, 0.29) is 0 Å². The van der Waals surface area contributed by atoms with Crippen molar-refractivity contribution in [1.29, 1.82) is 0 Å². The molecule has 3 heteroatoms. The molecule has 0 saturated heterocycles. The van der Waals surface area contributed by atoms with Gasteiger partial charge in [-0.1, -0.05) is 19.8 Å². The second-order valence-electron chi connectivity index (χ2n) is 5.23. The van der Waals surface area contributed by atoms with Gasteiger partial charge in [0.25, 0.3) is 0 Å². The van der Waals surface area contributed by atoms with Gasteiger partial charge in [-0.15, -0.1) is 0 Å². The molecule has 1 N–H and O–H groups in total. The summed E-state index contributed by atoms with van der Waals surface area (Å²) in [5.41, 5.74) is 0. The van der Waals surface area contributed by atoms with Crippen LogP contribution in [-0.2, 0) is 6.54 Å². The molecule has 2 rings (SSSR count). The summed E-state index contributed by atoms with van der Waals surface area (Å²) in [7, 11) is 0. The Balaban J connectivity index is 1.97. The number of hydrogen-bond donors (Lipinski definition) is 1. The molecule has 96 valence electrons. The number of rotatable bonds is 6. The maximum absolute atomic E-state index is 4.31. The van der Waals surface area contributed by atoms with E-state index < -0.39 is 0 Å². The van der Waals surface area contributed by atoms with Crippen LogP contribution in [-0.4, -0.2) is 22.1 Å². The molecule has 1 fully saturated rings. The summed E-state index contributed by atoms with van der Waals surface area (Å²) in [5, 5.41) is 3.73. The van der Waals surface area contributed by atoms with Gasteiger partial charge in [-0.3, -0.25) is 0 Å². The molecule has 17 heavy (non-hydrogen) atoms. The van der Waals surface area contributed by atoms with E-state index in [1.807, 2.05) is 6.20 Å². The summed E-state index contributed by atoms with van der Waals surface area (Å²) >= 11 is 0. The summed E-state index contributed by atoms with van der Waals surface area (Å²) in [6.07, 6.45) is 10.8. The molecule has 0 spiro atoms. The van der Waals surface area contributed by atoms with Crippen molar-refractivity contribution in [2.24, 2.45) is 5.92 Å². The van der Waals surface area contributed by atoms with Crippen molar-refractivity contribution in [3.63, 3.8) is 0 Å². The summed E-state index contributed by atoms with van der Waals surface area (Å²) in [4.78, 5) is 4.31. The van der Waals surface area contributed by atoms with Crippen molar-refractivity contribution in [2.45, 2.75) is 58.5 Å². The first kappa shape index (κ1) is 12.6. The Hall–Kier alpha value is -0.830. The third-order valence-corrected chi connectivity index (χ3v) is 3.94. The third-order valence-electron chi connectivity index (χ3n) is 3.94. The smallest absolute Gasteiger partial charge is 0.105 e. The average molecular weight is 235 g/mol. The van der Waals surface area contributed by atoms with E-state index in [0.29, 0.717) is 6.04 Å². The van der Waals surface area contributed by atoms with Gasteiger partial charge in [-0.05, 0) is 38.6 Å². The number of aryl methyl sites for hydroxylation is 1. The lowest BCUT2D eigenvalue weighted by atomic mass is 9.98. The zero-order chi connectivity index (χ0) is 12.1. The van der Waals surface area contributed by atoms with Gasteiger partial charge in [-0.2, -0.15) is 0 Å². The predicted octanol–water partition coefficient (Wildman–Crippen LogP) is 2.75. The molecule has 0 radical (unpaired) electrons. The molecule has 1 saturated carbocycles. The van der Waals surface area contributed by atoms with Crippen LogP contribution in [0.15, 0.2) is 12.4 Å². The predicted molar refractivity (Wildman–Crippen MR) is 71.0 cm³/mol. The van der Waals surface area contributed by atoms with Crippen LogP contribution in [0.3, 0.4) is 0 Å². The van der Waals surface area contributed by atoms with Gasteiger partial charge in [0.2, 0.25) is 0 Å². The second kappa shape index (κ2) is 6.20. The van der Waals surface area contributed by atoms with Gasteiger partial charge in [-0.25, -0.2) is 4.98 Å². The molecule has 1 unspecified atom stereocenters.